The van der Waals surface area contributed by atoms with Gasteiger partial charge in [-0.1, -0.05) is 0 Å². The van der Waals surface area contributed by atoms with Crippen LogP contribution in [0, 0.1) is 19.8 Å². The molecule has 6 heteroatoms. The van der Waals surface area contributed by atoms with Gasteiger partial charge in [-0.15, -0.1) is 23.7 Å². The summed E-state index contributed by atoms with van der Waals surface area (Å²) >= 11 is 1.65. The van der Waals surface area contributed by atoms with E-state index in [1.165, 1.54) is 12.8 Å². The molecule has 1 amide bonds. The average molecular weight is 385 g/mol. The number of carbonyl (C=O) groups excluding carboxylic acids is 2. The van der Waals surface area contributed by atoms with Crippen molar-refractivity contribution >= 4 is 35.4 Å². The van der Waals surface area contributed by atoms with Gasteiger partial charge in [-0.2, -0.15) is 0 Å². The van der Waals surface area contributed by atoms with Gasteiger partial charge in [0.15, 0.2) is 5.78 Å². The molecule has 1 N–H and O–H groups in total. The second-order valence-corrected chi connectivity index (χ2v) is 8.72. The zero-order valence-electron chi connectivity index (χ0n) is 15.2. The summed E-state index contributed by atoms with van der Waals surface area (Å²) in [6.45, 7) is 6.79. The van der Waals surface area contributed by atoms with Crippen LogP contribution in [-0.4, -0.2) is 42.3 Å². The highest BCUT2D eigenvalue weighted by Gasteiger charge is 2.26. The molecule has 0 bridgehead atoms. The SMILES string of the molecule is Cc1cc(C(=O)CCC(=O)N2CCC(NCC3CC3)CC2)c(C)s1.Cl. The normalized spacial score (nSPS) is 18.1. The summed E-state index contributed by atoms with van der Waals surface area (Å²) in [5, 5.41) is 3.63. The molecule has 140 valence electrons. The maximum atomic E-state index is 12.4. The van der Waals surface area contributed by atoms with Crippen molar-refractivity contribution in [2.45, 2.75) is 58.4 Å². The highest BCUT2D eigenvalue weighted by atomic mass is 35.5. The first-order valence-electron chi connectivity index (χ1n) is 9.14. The fraction of sp³-hybridized carbons (Fsp3) is 0.684. The number of nitrogens with one attached hydrogen (secondary N) is 1. The highest BCUT2D eigenvalue weighted by molar-refractivity contribution is 7.12. The summed E-state index contributed by atoms with van der Waals surface area (Å²) in [6.07, 6.45) is 5.50. The summed E-state index contributed by atoms with van der Waals surface area (Å²) in [5.41, 5.74) is 0.799. The van der Waals surface area contributed by atoms with Crippen molar-refractivity contribution in [1.82, 2.24) is 10.2 Å². The predicted octanol–water partition coefficient (Wildman–Crippen LogP) is 3.74. The third kappa shape index (κ3) is 5.80. The fourth-order valence-corrected chi connectivity index (χ4v) is 4.35. The molecular formula is C19H29ClN2O2S. The topological polar surface area (TPSA) is 49.4 Å². The molecule has 1 aromatic rings. The van der Waals surface area contributed by atoms with Crippen molar-refractivity contribution < 1.29 is 9.59 Å². The van der Waals surface area contributed by atoms with Crippen LogP contribution >= 0.6 is 23.7 Å². The number of likely N-dealkylation sites (tertiary alicyclic amines) is 1. The monoisotopic (exact) mass is 384 g/mol. The van der Waals surface area contributed by atoms with Crippen LogP contribution in [0.25, 0.3) is 0 Å². The Bertz CT molecular complexity index is 605. The lowest BCUT2D eigenvalue weighted by Gasteiger charge is -2.32. The number of Topliss-reactive ketones (excluding diaryl/α,β-unsaturated/α-hetero) is 1. The van der Waals surface area contributed by atoms with Crippen LogP contribution < -0.4 is 5.32 Å². The van der Waals surface area contributed by atoms with Crippen LogP contribution in [0.2, 0.25) is 0 Å². The third-order valence-electron chi connectivity index (χ3n) is 5.15. The molecule has 0 radical (unpaired) electrons. The van der Waals surface area contributed by atoms with E-state index in [9.17, 15) is 9.59 Å². The number of amides is 1. The number of piperidine rings is 1. The Balaban J connectivity index is 0.00000225. The van der Waals surface area contributed by atoms with Crippen LogP contribution in [0.4, 0.5) is 0 Å². The molecule has 0 atom stereocenters. The molecule has 2 fully saturated rings. The molecule has 0 aromatic carbocycles. The molecule has 1 aliphatic carbocycles. The number of aryl methyl sites for hydroxylation is 2. The van der Waals surface area contributed by atoms with E-state index in [1.54, 1.807) is 11.3 Å². The van der Waals surface area contributed by atoms with Gasteiger partial charge in [0.1, 0.15) is 0 Å². The lowest BCUT2D eigenvalue weighted by molar-refractivity contribution is -0.132. The van der Waals surface area contributed by atoms with Gasteiger partial charge < -0.3 is 10.2 Å². The van der Waals surface area contributed by atoms with Crippen LogP contribution in [-0.2, 0) is 4.79 Å². The van der Waals surface area contributed by atoms with Crippen molar-refractivity contribution in [2.75, 3.05) is 19.6 Å². The maximum absolute atomic E-state index is 12.4. The summed E-state index contributed by atoms with van der Waals surface area (Å²) in [4.78, 5) is 28.8. The Labute approximate surface area is 160 Å². The largest absolute Gasteiger partial charge is 0.343 e. The maximum Gasteiger partial charge on any atom is 0.223 e. The number of thiophene rings is 1. The van der Waals surface area contributed by atoms with E-state index in [0.29, 0.717) is 18.9 Å². The summed E-state index contributed by atoms with van der Waals surface area (Å²) in [5.74, 6) is 1.14. The number of nitrogens with zero attached hydrogens (tertiary/aromatic N) is 1. The van der Waals surface area contributed by atoms with E-state index in [2.05, 4.69) is 5.32 Å². The minimum Gasteiger partial charge on any atom is -0.343 e. The zero-order chi connectivity index (χ0) is 17.1. The van der Waals surface area contributed by atoms with E-state index < -0.39 is 0 Å². The number of ketones is 1. The Morgan fingerprint density at radius 3 is 2.40 bits per heavy atom. The standard InChI is InChI=1S/C19H28N2O2S.ClH/c1-13-11-17(14(2)24-13)18(22)5-6-19(23)21-9-7-16(8-10-21)20-12-15-3-4-15;/h11,15-16,20H,3-10,12H2,1-2H3;1H. The zero-order valence-corrected chi connectivity index (χ0v) is 16.8. The first kappa shape index (κ1) is 20.4. The quantitative estimate of drug-likeness (QED) is 0.728. The predicted molar refractivity (Wildman–Crippen MR) is 105 cm³/mol. The van der Waals surface area contributed by atoms with Crippen LogP contribution in [0.5, 0.6) is 0 Å². The van der Waals surface area contributed by atoms with Gasteiger partial charge in [0, 0.05) is 47.3 Å². The van der Waals surface area contributed by atoms with Crippen molar-refractivity contribution in [3.05, 3.63) is 21.4 Å². The molecule has 4 nitrogen and oxygen atoms in total. The van der Waals surface area contributed by atoms with E-state index >= 15 is 0 Å². The average Bonchev–Trinajstić information content (AvgIpc) is 3.34. The lowest BCUT2D eigenvalue weighted by atomic mass is 10.0. The molecule has 1 aromatic heterocycles. The molecule has 0 unspecified atom stereocenters. The number of halogens is 1. The third-order valence-corrected chi connectivity index (χ3v) is 6.11. The molecule has 1 saturated carbocycles. The number of carbonyl (C=O) groups is 2. The smallest absolute Gasteiger partial charge is 0.223 e. The minimum absolute atomic E-state index is 0. The van der Waals surface area contributed by atoms with Crippen molar-refractivity contribution in [3.63, 3.8) is 0 Å². The molecule has 2 heterocycles. The second-order valence-electron chi connectivity index (χ2n) is 7.26. The van der Waals surface area contributed by atoms with E-state index in [4.69, 9.17) is 0 Å². The van der Waals surface area contributed by atoms with Gasteiger partial charge in [0.2, 0.25) is 5.91 Å². The van der Waals surface area contributed by atoms with Gasteiger partial charge >= 0.3 is 0 Å². The van der Waals surface area contributed by atoms with Gasteiger partial charge in [-0.05, 0) is 58.1 Å². The fourth-order valence-electron chi connectivity index (χ4n) is 3.41. The summed E-state index contributed by atoms with van der Waals surface area (Å²) < 4.78 is 0. The van der Waals surface area contributed by atoms with Gasteiger partial charge in [0.05, 0.1) is 0 Å². The van der Waals surface area contributed by atoms with Crippen molar-refractivity contribution in [2.24, 2.45) is 5.92 Å². The molecular weight excluding hydrogens is 356 g/mol. The molecule has 0 spiro atoms. The Morgan fingerprint density at radius 1 is 1.16 bits per heavy atom. The van der Waals surface area contributed by atoms with E-state index in [0.717, 1.165) is 53.7 Å². The lowest BCUT2D eigenvalue weighted by Crippen LogP contribution is -2.45. The molecule has 25 heavy (non-hydrogen) atoms. The number of rotatable bonds is 7. The molecule has 1 saturated heterocycles. The van der Waals surface area contributed by atoms with Crippen molar-refractivity contribution in [1.29, 1.82) is 0 Å². The Hall–Kier alpha value is -0.910. The second kappa shape index (κ2) is 9.15. The highest BCUT2D eigenvalue weighted by Crippen LogP contribution is 2.28. The summed E-state index contributed by atoms with van der Waals surface area (Å²) in [7, 11) is 0. The van der Waals surface area contributed by atoms with Crippen LogP contribution in [0.1, 0.15) is 58.6 Å². The number of hydrogen-bond acceptors (Lipinski definition) is 4. The summed E-state index contributed by atoms with van der Waals surface area (Å²) in [6, 6.07) is 2.51. The van der Waals surface area contributed by atoms with Gasteiger partial charge in [-0.3, -0.25) is 9.59 Å². The van der Waals surface area contributed by atoms with Crippen molar-refractivity contribution in [3.8, 4) is 0 Å². The first-order valence-corrected chi connectivity index (χ1v) is 9.96. The van der Waals surface area contributed by atoms with Crippen LogP contribution in [0.15, 0.2) is 6.07 Å². The Morgan fingerprint density at radius 2 is 1.84 bits per heavy atom. The number of hydrogen-bond donors (Lipinski definition) is 1. The van der Waals surface area contributed by atoms with Gasteiger partial charge in [0.25, 0.3) is 0 Å². The molecule has 1 aliphatic heterocycles. The van der Waals surface area contributed by atoms with E-state index in [-0.39, 0.29) is 24.1 Å². The first-order chi connectivity index (χ1) is 11.5. The Kier molecular flexibility index (Phi) is 7.47. The molecule has 3 rings (SSSR count). The molecule has 2 aliphatic rings. The van der Waals surface area contributed by atoms with Gasteiger partial charge in [-0.25, -0.2) is 0 Å². The minimum atomic E-state index is 0. The van der Waals surface area contributed by atoms with E-state index in [1.807, 2.05) is 24.8 Å². The van der Waals surface area contributed by atoms with Crippen LogP contribution in [0.3, 0.4) is 0 Å².